The Kier molecular flexibility index (Phi) is 7.76. The average Bonchev–Trinajstić information content (AvgIpc) is 3.72. The van der Waals surface area contributed by atoms with Gasteiger partial charge in [-0.25, -0.2) is 27.5 Å². The summed E-state index contributed by atoms with van der Waals surface area (Å²) in [6.45, 7) is 0. The van der Waals surface area contributed by atoms with Crippen molar-refractivity contribution >= 4 is 66.4 Å². The summed E-state index contributed by atoms with van der Waals surface area (Å²) < 4.78 is 60.3. The van der Waals surface area contributed by atoms with Crippen molar-refractivity contribution in [1.82, 2.24) is 18.8 Å². The first-order valence-corrected chi connectivity index (χ1v) is 16.0. The quantitative estimate of drug-likeness (QED) is 0.165. The topological polar surface area (TPSA) is 34.6 Å². The van der Waals surface area contributed by atoms with Gasteiger partial charge in [-0.1, -0.05) is 59.6 Å². The molecule has 0 unspecified atom stereocenters. The molecular weight excluding hydrogens is 747 g/mol. The Morgan fingerprint density at radius 3 is 1.43 bits per heavy atom. The number of nitrogens with zero attached hydrogens (tertiary/aromatic N) is 4. The lowest BCUT2D eigenvalue weighted by Gasteiger charge is -2.14. The molecule has 0 N–H and O–H groups in total. The van der Waals surface area contributed by atoms with Gasteiger partial charge in [-0.2, -0.15) is 0 Å². The Labute approximate surface area is 275 Å². The molecule has 224 valence electrons. The predicted octanol–water partition coefficient (Wildman–Crippen LogP) is 10.9. The number of benzene rings is 2. The van der Waals surface area contributed by atoms with Crippen LogP contribution in [0.4, 0.5) is 17.6 Å². The molecule has 0 aliphatic heterocycles. The Morgan fingerprint density at radius 2 is 1.05 bits per heavy atom. The highest BCUT2D eigenvalue weighted by molar-refractivity contribution is 9.10. The van der Waals surface area contributed by atoms with Crippen molar-refractivity contribution < 1.29 is 17.6 Å². The molecule has 0 saturated heterocycles. The molecule has 0 bridgehead atoms. The van der Waals surface area contributed by atoms with Gasteiger partial charge in [0.2, 0.25) is 0 Å². The SMILES string of the molecule is Fc1cc2nc3c(n2cc1Br)[C@@H](c1ccccc1Cl)C[C@@H]3F.Fc1cc2nc3c(n2cc1Br)[C@@H](c1ccccc1Cl)C[C@H]3F. The van der Waals surface area contributed by atoms with Crippen molar-refractivity contribution in [2.75, 3.05) is 0 Å². The molecule has 4 atom stereocenters. The summed E-state index contributed by atoms with van der Waals surface area (Å²) >= 11 is 18.9. The van der Waals surface area contributed by atoms with Gasteiger partial charge >= 0.3 is 0 Å². The molecule has 0 fully saturated rings. The molecule has 0 radical (unpaired) electrons. The zero-order valence-corrected chi connectivity index (χ0v) is 27.1. The van der Waals surface area contributed by atoms with Crippen molar-refractivity contribution in [3.05, 3.63) is 138 Å². The summed E-state index contributed by atoms with van der Waals surface area (Å²) in [5, 5.41) is 1.20. The minimum absolute atomic E-state index is 0.189. The normalized spacial score (nSPS) is 20.5. The van der Waals surface area contributed by atoms with E-state index in [0.717, 1.165) is 22.5 Å². The summed E-state index contributed by atoms with van der Waals surface area (Å²) in [6, 6.07) is 17.4. The Balaban J connectivity index is 0.000000142. The maximum Gasteiger partial charge on any atom is 0.145 e. The fourth-order valence-corrected chi connectivity index (χ4v) is 7.40. The van der Waals surface area contributed by atoms with E-state index in [2.05, 4.69) is 41.8 Å². The molecule has 4 nitrogen and oxygen atoms in total. The Hall–Kier alpha value is -2.92. The van der Waals surface area contributed by atoms with Gasteiger partial charge in [-0.15, -0.1) is 0 Å². The van der Waals surface area contributed by atoms with Crippen LogP contribution >= 0.6 is 55.1 Å². The highest BCUT2D eigenvalue weighted by Gasteiger charge is 2.39. The smallest absolute Gasteiger partial charge is 0.145 e. The van der Waals surface area contributed by atoms with Crippen molar-refractivity contribution in [3.63, 3.8) is 0 Å². The van der Waals surface area contributed by atoms with E-state index in [-0.39, 0.29) is 11.8 Å². The number of pyridine rings is 2. The number of imidazole rings is 2. The van der Waals surface area contributed by atoms with E-state index in [1.807, 2.05) is 36.4 Å². The Bertz CT molecular complexity index is 1930. The van der Waals surface area contributed by atoms with E-state index in [1.165, 1.54) is 12.1 Å². The van der Waals surface area contributed by atoms with Crippen molar-refractivity contribution in [1.29, 1.82) is 0 Å². The van der Waals surface area contributed by atoms with Gasteiger partial charge in [0, 0.05) is 46.4 Å². The van der Waals surface area contributed by atoms with E-state index in [1.54, 1.807) is 33.3 Å². The average molecular weight is 767 g/mol. The standard InChI is InChI=1S/2C16H10BrClF2N2/c2*17-10-7-22-14(6-12(10)19)21-15-13(20)5-9(16(15)22)8-3-1-2-4-11(8)18/h2*1-4,6-7,9,13H,5H2/t9-,13+;9-,13-/m11/s1. The van der Waals surface area contributed by atoms with Crippen LogP contribution in [0.25, 0.3) is 11.3 Å². The van der Waals surface area contributed by atoms with Crippen LogP contribution in [0.5, 0.6) is 0 Å². The first-order valence-electron chi connectivity index (χ1n) is 13.6. The van der Waals surface area contributed by atoms with E-state index >= 15 is 0 Å². The molecule has 44 heavy (non-hydrogen) atoms. The number of alkyl halides is 2. The van der Waals surface area contributed by atoms with Gasteiger partial charge in [-0.05, 0) is 68.0 Å². The second-order valence-corrected chi connectivity index (χ2v) is 13.2. The first kappa shape index (κ1) is 29.8. The molecule has 2 aromatic carbocycles. The number of rotatable bonds is 2. The lowest BCUT2D eigenvalue weighted by Crippen LogP contribution is -2.02. The van der Waals surface area contributed by atoms with E-state index in [9.17, 15) is 17.6 Å². The highest BCUT2D eigenvalue weighted by Crippen LogP contribution is 2.49. The van der Waals surface area contributed by atoms with Crippen molar-refractivity contribution in [2.24, 2.45) is 0 Å². The van der Waals surface area contributed by atoms with Crippen LogP contribution in [0.2, 0.25) is 10.0 Å². The third-order valence-corrected chi connectivity index (χ3v) is 10.0. The fourth-order valence-electron chi connectivity index (χ4n) is 6.23. The van der Waals surface area contributed by atoms with Gasteiger partial charge in [0.15, 0.2) is 0 Å². The number of hydrogen-bond donors (Lipinski definition) is 0. The number of hydrogen-bond acceptors (Lipinski definition) is 2. The third-order valence-electron chi connectivity index (χ3n) is 8.16. The maximum absolute atomic E-state index is 14.4. The number of halogens is 8. The van der Waals surface area contributed by atoms with Crippen LogP contribution in [0.3, 0.4) is 0 Å². The molecule has 0 amide bonds. The Morgan fingerprint density at radius 1 is 0.659 bits per heavy atom. The fraction of sp³-hybridized carbons (Fsp3) is 0.188. The molecule has 8 rings (SSSR count). The van der Waals surface area contributed by atoms with Gasteiger partial charge < -0.3 is 8.80 Å². The van der Waals surface area contributed by atoms with Crippen molar-refractivity contribution in [3.8, 4) is 0 Å². The number of aromatic nitrogens is 4. The summed E-state index contributed by atoms with van der Waals surface area (Å²) in [5.41, 5.74) is 4.80. The molecule has 0 saturated carbocycles. The molecular formula is C32H20Br2Cl2F4N4. The zero-order valence-electron chi connectivity index (χ0n) is 22.5. The summed E-state index contributed by atoms with van der Waals surface area (Å²) in [6.07, 6.45) is 1.46. The predicted molar refractivity (Wildman–Crippen MR) is 169 cm³/mol. The van der Waals surface area contributed by atoms with E-state index < -0.39 is 24.0 Å². The van der Waals surface area contributed by atoms with Crippen LogP contribution in [0.1, 0.15) is 70.9 Å². The number of fused-ring (bicyclic) bond motifs is 6. The van der Waals surface area contributed by atoms with Crippen LogP contribution in [0.15, 0.2) is 82.0 Å². The van der Waals surface area contributed by atoms with Gasteiger partial charge in [-0.3, -0.25) is 0 Å². The molecule has 6 aromatic rings. The minimum Gasteiger partial charge on any atom is -0.302 e. The highest BCUT2D eigenvalue weighted by atomic mass is 79.9. The molecule has 0 spiro atoms. The molecule has 2 aliphatic carbocycles. The molecule has 4 heterocycles. The van der Waals surface area contributed by atoms with Crippen molar-refractivity contribution in [2.45, 2.75) is 37.0 Å². The summed E-state index contributed by atoms with van der Waals surface area (Å²) in [7, 11) is 0. The molecule has 4 aromatic heterocycles. The van der Waals surface area contributed by atoms with E-state index in [0.29, 0.717) is 54.5 Å². The van der Waals surface area contributed by atoms with Gasteiger partial charge in [0.25, 0.3) is 0 Å². The first-order chi connectivity index (χ1) is 21.1. The molecule has 12 heteroatoms. The zero-order chi connectivity index (χ0) is 30.9. The van der Waals surface area contributed by atoms with Gasteiger partial charge in [0.1, 0.15) is 35.3 Å². The van der Waals surface area contributed by atoms with Crippen LogP contribution in [-0.4, -0.2) is 18.8 Å². The summed E-state index contributed by atoms with van der Waals surface area (Å²) in [5.74, 6) is -1.21. The van der Waals surface area contributed by atoms with Crippen LogP contribution in [0, 0.1) is 11.6 Å². The monoisotopic (exact) mass is 764 g/mol. The third kappa shape index (κ3) is 4.94. The lowest BCUT2D eigenvalue weighted by atomic mass is 9.96. The summed E-state index contributed by atoms with van der Waals surface area (Å²) in [4.78, 5) is 8.53. The van der Waals surface area contributed by atoms with Gasteiger partial charge in [0.05, 0.1) is 31.7 Å². The second kappa shape index (κ2) is 11.5. The lowest BCUT2D eigenvalue weighted by molar-refractivity contribution is 0.330. The van der Waals surface area contributed by atoms with Crippen LogP contribution in [-0.2, 0) is 0 Å². The maximum atomic E-state index is 14.4. The largest absolute Gasteiger partial charge is 0.302 e. The van der Waals surface area contributed by atoms with E-state index in [4.69, 9.17) is 23.2 Å². The molecule has 2 aliphatic rings. The second-order valence-electron chi connectivity index (χ2n) is 10.7. The van der Waals surface area contributed by atoms with Crippen LogP contribution < -0.4 is 0 Å². The minimum atomic E-state index is -1.17.